The van der Waals surface area contributed by atoms with Gasteiger partial charge in [0.2, 0.25) is 5.75 Å². The molecule has 9 heteroatoms. The van der Waals surface area contributed by atoms with Crippen molar-refractivity contribution in [3.8, 4) is 17.2 Å². The van der Waals surface area contributed by atoms with E-state index in [1.165, 1.54) is 33.5 Å². The standard InChI is InChI=1S/C14H16N2O7/c1-21-9-6-8(7-10(22-2)13(9)23-3)14(20)16-15-11(17)4-5-12(18)19/h4-7H,1-3H3,(H,15,17)(H,16,20)(H,18,19)/b5-4-. The van der Waals surface area contributed by atoms with Gasteiger partial charge in [0.15, 0.2) is 11.5 Å². The molecule has 9 nitrogen and oxygen atoms in total. The monoisotopic (exact) mass is 324 g/mol. The zero-order valence-corrected chi connectivity index (χ0v) is 12.7. The van der Waals surface area contributed by atoms with Crippen molar-refractivity contribution in [1.82, 2.24) is 10.9 Å². The van der Waals surface area contributed by atoms with Gasteiger partial charge in [-0.3, -0.25) is 20.4 Å². The summed E-state index contributed by atoms with van der Waals surface area (Å²) < 4.78 is 15.4. The lowest BCUT2D eigenvalue weighted by Gasteiger charge is -2.14. The number of carboxylic acids is 1. The third kappa shape index (κ3) is 4.92. The molecule has 0 radical (unpaired) electrons. The van der Waals surface area contributed by atoms with Crippen molar-refractivity contribution >= 4 is 17.8 Å². The van der Waals surface area contributed by atoms with Crippen LogP contribution < -0.4 is 25.1 Å². The lowest BCUT2D eigenvalue weighted by Crippen LogP contribution is -2.40. The van der Waals surface area contributed by atoms with Crippen molar-refractivity contribution in [3.05, 3.63) is 29.8 Å². The second-order valence-electron chi connectivity index (χ2n) is 4.03. The third-order valence-corrected chi connectivity index (χ3v) is 2.60. The number of rotatable bonds is 6. The highest BCUT2D eigenvalue weighted by molar-refractivity contribution is 5.99. The first-order valence-electron chi connectivity index (χ1n) is 6.24. The number of ether oxygens (including phenoxy) is 3. The molecule has 0 saturated carbocycles. The number of hydrogen-bond donors (Lipinski definition) is 3. The van der Waals surface area contributed by atoms with Crippen molar-refractivity contribution < 1.29 is 33.7 Å². The number of aliphatic carboxylic acids is 1. The van der Waals surface area contributed by atoms with Gasteiger partial charge < -0.3 is 19.3 Å². The SMILES string of the molecule is COc1cc(C(=O)NNC(=O)/C=C\C(=O)O)cc(OC)c1OC. The fourth-order valence-corrected chi connectivity index (χ4v) is 1.59. The normalized spacial score (nSPS) is 10.0. The molecule has 0 unspecified atom stereocenters. The average Bonchev–Trinajstić information content (AvgIpc) is 2.56. The van der Waals surface area contributed by atoms with Gasteiger partial charge in [0.1, 0.15) is 0 Å². The van der Waals surface area contributed by atoms with Crippen LogP contribution in [-0.4, -0.2) is 44.2 Å². The Bertz CT molecular complexity index is 615. The van der Waals surface area contributed by atoms with Crippen LogP contribution in [0.4, 0.5) is 0 Å². The topological polar surface area (TPSA) is 123 Å². The summed E-state index contributed by atoms with van der Waals surface area (Å²) in [6, 6.07) is 2.80. The van der Waals surface area contributed by atoms with E-state index in [9.17, 15) is 14.4 Å². The number of carbonyl (C=O) groups is 3. The maximum Gasteiger partial charge on any atom is 0.328 e. The van der Waals surface area contributed by atoms with Crippen LogP contribution in [0.15, 0.2) is 24.3 Å². The molecule has 0 saturated heterocycles. The smallest absolute Gasteiger partial charge is 0.328 e. The number of amides is 2. The van der Waals surface area contributed by atoms with Crippen molar-refractivity contribution in [3.63, 3.8) is 0 Å². The number of benzene rings is 1. The van der Waals surface area contributed by atoms with Crippen LogP contribution >= 0.6 is 0 Å². The fraction of sp³-hybridized carbons (Fsp3) is 0.214. The minimum Gasteiger partial charge on any atom is -0.493 e. The largest absolute Gasteiger partial charge is 0.493 e. The number of carbonyl (C=O) groups excluding carboxylic acids is 2. The lowest BCUT2D eigenvalue weighted by molar-refractivity contribution is -0.131. The van der Waals surface area contributed by atoms with E-state index in [0.717, 1.165) is 6.08 Å². The van der Waals surface area contributed by atoms with E-state index in [1.54, 1.807) is 0 Å². The zero-order valence-electron chi connectivity index (χ0n) is 12.7. The number of hydrogen-bond acceptors (Lipinski definition) is 6. The Morgan fingerprint density at radius 1 is 0.957 bits per heavy atom. The first-order chi connectivity index (χ1) is 10.9. The Labute approximate surface area is 131 Å². The summed E-state index contributed by atoms with van der Waals surface area (Å²) in [5.74, 6) is -1.87. The summed E-state index contributed by atoms with van der Waals surface area (Å²) >= 11 is 0. The van der Waals surface area contributed by atoms with Gasteiger partial charge in [0, 0.05) is 17.7 Å². The summed E-state index contributed by atoms with van der Waals surface area (Å²) in [4.78, 5) is 33.6. The average molecular weight is 324 g/mol. The predicted molar refractivity (Wildman–Crippen MR) is 78.5 cm³/mol. The summed E-state index contributed by atoms with van der Waals surface area (Å²) in [6.07, 6.45) is 1.40. The van der Waals surface area contributed by atoms with Gasteiger partial charge >= 0.3 is 5.97 Å². The Hall–Kier alpha value is -3.23. The minimum atomic E-state index is -1.28. The van der Waals surface area contributed by atoms with E-state index < -0.39 is 17.8 Å². The van der Waals surface area contributed by atoms with E-state index in [-0.39, 0.29) is 17.1 Å². The molecule has 1 aromatic rings. The Morgan fingerprint density at radius 2 is 1.52 bits per heavy atom. The number of methoxy groups -OCH3 is 3. The molecule has 2 amide bonds. The van der Waals surface area contributed by atoms with Gasteiger partial charge in [-0.15, -0.1) is 0 Å². The van der Waals surface area contributed by atoms with Gasteiger partial charge in [-0.2, -0.15) is 0 Å². The highest BCUT2D eigenvalue weighted by Gasteiger charge is 2.17. The molecule has 0 atom stereocenters. The quantitative estimate of drug-likeness (QED) is 0.501. The van der Waals surface area contributed by atoms with E-state index in [0.29, 0.717) is 11.8 Å². The molecule has 0 bridgehead atoms. The zero-order chi connectivity index (χ0) is 17.4. The van der Waals surface area contributed by atoms with Gasteiger partial charge in [-0.25, -0.2) is 4.79 Å². The van der Waals surface area contributed by atoms with Gasteiger partial charge in [-0.1, -0.05) is 0 Å². The van der Waals surface area contributed by atoms with Crippen LogP contribution in [0.5, 0.6) is 17.2 Å². The summed E-state index contributed by atoms with van der Waals surface area (Å²) in [6.45, 7) is 0. The van der Waals surface area contributed by atoms with Gasteiger partial charge in [0.05, 0.1) is 21.3 Å². The van der Waals surface area contributed by atoms with Crippen molar-refractivity contribution in [1.29, 1.82) is 0 Å². The molecule has 124 valence electrons. The van der Waals surface area contributed by atoms with Crippen molar-refractivity contribution in [2.75, 3.05) is 21.3 Å². The van der Waals surface area contributed by atoms with Crippen LogP contribution in [0.1, 0.15) is 10.4 Å². The predicted octanol–water partition coefficient (Wildman–Crippen LogP) is 0.114. The van der Waals surface area contributed by atoms with Crippen LogP contribution in [0.2, 0.25) is 0 Å². The Balaban J connectivity index is 2.88. The van der Waals surface area contributed by atoms with Gasteiger partial charge in [0.25, 0.3) is 11.8 Å². The van der Waals surface area contributed by atoms with Crippen molar-refractivity contribution in [2.24, 2.45) is 0 Å². The molecule has 0 spiro atoms. The second kappa shape index (κ2) is 8.27. The molecule has 0 aliphatic rings. The summed E-state index contributed by atoms with van der Waals surface area (Å²) in [7, 11) is 4.23. The molecule has 3 N–H and O–H groups in total. The number of hydrazine groups is 1. The second-order valence-corrected chi connectivity index (χ2v) is 4.03. The van der Waals surface area contributed by atoms with E-state index in [1.807, 2.05) is 5.43 Å². The maximum atomic E-state index is 12.0. The first kappa shape index (κ1) is 17.8. The van der Waals surface area contributed by atoms with Crippen LogP contribution in [0.25, 0.3) is 0 Å². The van der Waals surface area contributed by atoms with Crippen LogP contribution in [0, 0.1) is 0 Å². The maximum absolute atomic E-state index is 12.0. The molecule has 1 aromatic carbocycles. The summed E-state index contributed by atoms with van der Waals surface area (Å²) in [5.41, 5.74) is 4.31. The fourth-order valence-electron chi connectivity index (χ4n) is 1.59. The molecule has 0 fully saturated rings. The number of nitrogens with one attached hydrogen (secondary N) is 2. The Kier molecular flexibility index (Phi) is 6.41. The molecule has 0 heterocycles. The lowest BCUT2D eigenvalue weighted by atomic mass is 10.1. The van der Waals surface area contributed by atoms with Crippen molar-refractivity contribution in [2.45, 2.75) is 0 Å². The highest BCUT2D eigenvalue weighted by atomic mass is 16.5. The molecule has 0 aliphatic carbocycles. The van der Waals surface area contributed by atoms with Gasteiger partial charge in [-0.05, 0) is 12.1 Å². The minimum absolute atomic E-state index is 0.141. The molecule has 0 aromatic heterocycles. The third-order valence-electron chi connectivity index (χ3n) is 2.60. The van der Waals surface area contributed by atoms with E-state index in [4.69, 9.17) is 19.3 Å². The molecular weight excluding hydrogens is 308 g/mol. The first-order valence-corrected chi connectivity index (χ1v) is 6.24. The number of carboxylic acid groups (broad SMARTS) is 1. The van der Waals surface area contributed by atoms with Crippen LogP contribution in [-0.2, 0) is 9.59 Å². The van der Waals surface area contributed by atoms with Crippen LogP contribution in [0.3, 0.4) is 0 Å². The van der Waals surface area contributed by atoms with E-state index >= 15 is 0 Å². The molecule has 1 rings (SSSR count). The Morgan fingerprint density at radius 3 is 1.96 bits per heavy atom. The molecular formula is C14H16N2O7. The highest BCUT2D eigenvalue weighted by Crippen LogP contribution is 2.38. The molecule has 23 heavy (non-hydrogen) atoms. The summed E-state index contributed by atoms with van der Waals surface area (Å²) in [5, 5.41) is 8.39. The van der Waals surface area contributed by atoms with E-state index in [2.05, 4.69) is 5.43 Å². The molecule has 0 aliphatic heterocycles.